The molecule has 1 saturated carbocycles. The molecule has 1 aromatic rings. The minimum atomic E-state index is -3.57. The molecule has 2 unspecified atom stereocenters. The van der Waals surface area contributed by atoms with Crippen LogP contribution in [0.15, 0.2) is 29.2 Å². The zero-order valence-corrected chi connectivity index (χ0v) is 17.0. The highest BCUT2D eigenvalue weighted by atomic mass is 32.2. The molecule has 0 radical (unpaired) electrons. The van der Waals surface area contributed by atoms with Crippen LogP contribution in [0.2, 0.25) is 0 Å². The van der Waals surface area contributed by atoms with Crippen LogP contribution in [0.25, 0.3) is 0 Å². The van der Waals surface area contributed by atoms with Gasteiger partial charge in [-0.1, -0.05) is 19.9 Å². The van der Waals surface area contributed by atoms with Crippen molar-refractivity contribution in [1.82, 2.24) is 9.21 Å². The van der Waals surface area contributed by atoms with Crippen molar-refractivity contribution in [3.63, 3.8) is 0 Å². The molecule has 2 atom stereocenters. The van der Waals surface area contributed by atoms with E-state index in [-0.39, 0.29) is 16.8 Å². The summed E-state index contributed by atoms with van der Waals surface area (Å²) in [5, 5.41) is 0. The Morgan fingerprint density at radius 2 is 1.77 bits per heavy atom. The van der Waals surface area contributed by atoms with E-state index in [9.17, 15) is 13.2 Å². The number of amides is 1. The lowest BCUT2D eigenvalue weighted by Crippen LogP contribution is -2.42. The van der Waals surface area contributed by atoms with Gasteiger partial charge in [0.2, 0.25) is 10.0 Å². The number of piperidine rings is 1. The molecule has 1 heterocycles. The molecule has 26 heavy (non-hydrogen) atoms. The number of sulfonamides is 1. The van der Waals surface area contributed by atoms with Gasteiger partial charge in [0.15, 0.2) is 0 Å². The summed E-state index contributed by atoms with van der Waals surface area (Å²) in [6.07, 6.45) is 3.12. The monoisotopic (exact) mass is 378 g/mol. The van der Waals surface area contributed by atoms with Crippen molar-refractivity contribution in [2.45, 2.75) is 63.9 Å². The van der Waals surface area contributed by atoms with Crippen LogP contribution in [0.3, 0.4) is 0 Å². The molecule has 1 aromatic carbocycles. The van der Waals surface area contributed by atoms with Crippen molar-refractivity contribution in [3.05, 3.63) is 29.8 Å². The van der Waals surface area contributed by atoms with Gasteiger partial charge in [-0.3, -0.25) is 4.79 Å². The van der Waals surface area contributed by atoms with E-state index >= 15 is 0 Å². The largest absolute Gasteiger partial charge is 0.333 e. The molecule has 6 heteroatoms. The van der Waals surface area contributed by atoms with E-state index in [1.165, 1.54) is 0 Å². The zero-order valence-electron chi connectivity index (χ0n) is 16.2. The molecule has 2 aliphatic rings. The van der Waals surface area contributed by atoms with E-state index in [2.05, 4.69) is 13.8 Å². The van der Waals surface area contributed by atoms with Crippen molar-refractivity contribution in [2.24, 2.45) is 11.8 Å². The summed E-state index contributed by atoms with van der Waals surface area (Å²) in [7, 11) is -3.57. The number of nitrogens with zero attached hydrogens (tertiary/aromatic N) is 2. The van der Waals surface area contributed by atoms with Crippen LogP contribution in [-0.4, -0.2) is 48.7 Å². The van der Waals surface area contributed by atoms with E-state index in [4.69, 9.17) is 0 Å². The quantitative estimate of drug-likeness (QED) is 0.789. The number of carbonyl (C=O) groups is 1. The maximum absolute atomic E-state index is 13.1. The summed E-state index contributed by atoms with van der Waals surface area (Å²) >= 11 is 0. The van der Waals surface area contributed by atoms with E-state index in [1.54, 1.807) is 28.6 Å². The van der Waals surface area contributed by atoms with Crippen molar-refractivity contribution < 1.29 is 13.2 Å². The van der Waals surface area contributed by atoms with E-state index < -0.39 is 10.0 Å². The summed E-state index contributed by atoms with van der Waals surface area (Å²) < 4.78 is 27.8. The van der Waals surface area contributed by atoms with Crippen LogP contribution in [0.5, 0.6) is 0 Å². The van der Waals surface area contributed by atoms with Gasteiger partial charge >= 0.3 is 0 Å². The second kappa shape index (κ2) is 7.31. The Morgan fingerprint density at radius 3 is 2.31 bits per heavy atom. The fourth-order valence-electron chi connectivity index (χ4n) is 4.06. The molecule has 0 aromatic heterocycles. The fraction of sp³-hybridized carbons (Fsp3) is 0.650. The average Bonchev–Trinajstić information content (AvgIpc) is 3.38. The Kier molecular flexibility index (Phi) is 5.45. The molecule has 1 aliphatic carbocycles. The van der Waals surface area contributed by atoms with Crippen LogP contribution in [-0.2, 0) is 10.0 Å². The normalized spacial score (nSPS) is 24.7. The molecule has 0 spiro atoms. The maximum atomic E-state index is 13.1. The number of hydrogen-bond acceptors (Lipinski definition) is 3. The van der Waals surface area contributed by atoms with Gasteiger partial charge < -0.3 is 4.90 Å². The van der Waals surface area contributed by atoms with Crippen LogP contribution in [0, 0.1) is 11.8 Å². The van der Waals surface area contributed by atoms with Crippen LogP contribution < -0.4 is 0 Å². The lowest BCUT2D eigenvalue weighted by atomic mass is 9.94. The molecule has 1 amide bonds. The summed E-state index contributed by atoms with van der Waals surface area (Å²) in [6.45, 7) is 9.29. The van der Waals surface area contributed by atoms with Gasteiger partial charge in [-0.15, -0.1) is 0 Å². The molecule has 0 bridgehead atoms. The van der Waals surface area contributed by atoms with E-state index in [0.717, 1.165) is 19.3 Å². The fourth-order valence-corrected chi connectivity index (χ4v) is 5.79. The van der Waals surface area contributed by atoms with Gasteiger partial charge in [-0.2, -0.15) is 4.31 Å². The average molecular weight is 379 g/mol. The summed E-state index contributed by atoms with van der Waals surface area (Å²) in [4.78, 5) is 15.1. The first-order valence-corrected chi connectivity index (χ1v) is 11.1. The van der Waals surface area contributed by atoms with Crippen molar-refractivity contribution in [2.75, 3.05) is 13.1 Å². The van der Waals surface area contributed by atoms with Gasteiger partial charge in [0.25, 0.3) is 5.91 Å². The molecule has 5 nitrogen and oxygen atoms in total. The lowest BCUT2D eigenvalue weighted by Gasteiger charge is -2.34. The van der Waals surface area contributed by atoms with Crippen molar-refractivity contribution in [3.8, 4) is 0 Å². The maximum Gasteiger partial charge on any atom is 0.254 e. The predicted molar refractivity (Wildman–Crippen MR) is 102 cm³/mol. The highest BCUT2D eigenvalue weighted by molar-refractivity contribution is 7.89. The number of rotatable bonds is 5. The van der Waals surface area contributed by atoms with Gasteiger partial charge in [0, 0.05) is 30.7 Å². The standard InChI is InChI=1S/C20H30N2O3S/c1-14(2)22(18-8-9-18)20(23)17-6-5-7-19(11-17)26(24,25)21-12-15(3)10-16(4)13-21/h5-7,11,14-16,18H,8-10,12-13H2,1-4H3. The third-order valence-electron chi connectivity index (χ3n) is 5.29. The minimum absolute atomic E-state index is 0.0695. The first kappa shape index (κ1) is 19.4. The Labute approximate surface area is 157 Å². The van der Waals surface area contributed by atoms with Gasteiger partial charge in [0.05, 0.1) is 4.90 Å². The Morgan fingerprint density at radius 1 is 1.15 bits per heavy atom. The second-order valence-corrected chi connectivity index (χ2v) is 10.3. The molecule has 3 rings (SSSR count). The molecule has 2 fully saturated rings. The third kappa shape index (κ3) is 3.96. The molecule has 0 N–H and O–H groups in total. The Balaban J connectivity index is 1.87. The predicted octanol–water partition coefficient (Wildman–Crippen LogP) is 3.37. The molecule has 144 valence electrons. The lowest BCUT2D eigenvalue weighted by molar-refractivity contribution is 0.0690. The third-order valence-corrected chi connectivity index (χ3v) is 7.11. The molecule has 1 saturated heterocycles. The van der Waals surface area contributed by atoms with Gasteiger partial charge in [0.1, 0.15) is 0 Å². The van der Waals surface area contributed by atoms with Crippen molar-refractivity contribution >= 4 is 15.9 Å². The summed E-state index contributed by atoms with van der Waals surface area (Å²) in [5.74, 6) is 0.634. The summed E-state index contributed by atoms with van der Waals surface area (Å²) in [6, 6.07) is 6.97. The topological polar surface area (TPSA) is 57.7 Å². The Bertz CT molecular complexity index is 759. The minimum Gasteiger partial charge on any atom is -0.333 e. The Hall–Kier alpha value is -1.40. The van der Waals surface area contributed by atoms with E-state index in [0.29, 0.717) is 36.5 Å². The number of benzene rings is 1. The zero-order chi connectivity index (χ0) is 19.1. The highest BCUT2D eigenvalue weighted by Gasteiger charge is 2.36. The molecular weight excluding hydrogens is 348 g/mol. The highest BCUT2D eigenvalue weighted by Crippen LogP contribution is 2.31. The van der Waals surface area contributed by atoms with Crippen LogP contribution in [0.4, 0.5) is 0 Å². The van der Waals surface area contributed by atoms with Crippen LogP contribution >= 0.6 is 0 Å². The molecular formula is C20H30N2O3S. The molecule has 1 aliphatic heterocycles. The SMILES string of the molecule is CC1CC(C)CN(S(=O)(=O)c2cccc(C(=O)N(C(C)C)C3CC3)c2)C1. The first-order chi connectivity index (χ1) is 12.2. The van der Waals surface area contributed by atoms with Crippen LogP contribution in [0.1, 0.15) is 57.3 Å². The first-order valence-electron chi connectivity index (χ1n) is 9.63. The van der Waals surface area contributed by atoms with Crippen molar-refractivity contribution in [1.29, 1.82) is 0 Å². The summed E-state index contributed by atoms with van der Waals surface area (Å²) in [5.41, 5.74) is 0.463. The van der Waals surface area contributed by atoms with Gasteiger partial charge in [-0.05, 0) is 63.1 Å². The smallest absolute Gasteiger partial charge is 0.254 e. The number of carbonyl (C=O) groups excluding carboxylic acids is 1. The van der Waals surface area contributed by atoms with E-state index in [1.807, 2.05) is 18.7 Å². The van der Waals surface area contributed by atoms with Gasteiger partial charge in [-0.25, -0.2) is 8.42 Å². The second-order valence-electron chi connectivity index (χ2n) is 8.33. The number of hydrogen-bond donors (Lipinski definition) is 0.